The normalized spacial score (nSPS) is 20.4. The van der Waals surface area contributed by atoms with Gasteiger partial charge in [-0.15, -0.1) is 0 Å². The van der Waals surface area contributed by atoms with Gasteiger partial charge in [0.25, 0.3) is 0 Å². The third kappa shape index (κ3) is 3.99. The summed E-state index contributed by atoms with van der Waals surface area (Å²) in [7, 11) is 0. The third-order valence-electron chi connectivity index (χ3n) is 3.09. The van der Waals surface area contributed by atoms with E-state index in [0.717, 1.165) is 11.9 Å². The van der Waals surface area contributed by atoms with E-state index in [2.05, 4.69) is 28.2 Å². The molecular formula is C11H20BrNO. The Morgan fingerprint density at radius 3 is 2.57 bits per heavy atom. The van der Waals surface area contributed by atoms with Crippen LogP contribution in [0.4, 0.5) is 0 Å². The molecule has 0 aromatic carbocycles. The summed E-state index contributed by atoms with van der Waals surface area (Å²) in [5.74, 6) is 0.175. The number of hydrogen-bond acceptors (Lipinski definition) is 1. The molecule has 0 aliphatic heterocycles. The zero-order chi connectivity index (χ0) is 10.4. The Morgan fingerprint density at radius 2 is 2.00 bits per heavy atom. The molecule has 2 nitrogen and oxygen atoms in total. The maximum absolute atomic E-state index is 11.3. The van der Waals surface area contributed by atoms with Crippen LogP contribution in [0.15, 0.2) is 0 Å². The summed E-state index contributed by atoms with van der Waals surface area (Å²) in [6, 6.07) is 0. The van der Waals surface area contributed by atoms with Gasteiger partial charge < -0.3 is 5.32 Å². The molecule has 14 heavy (non-hydrogen) atoms. The number of alkyl halides is 1. The van der Waals surface area contributed by atoms with Crippen molar-refractivity contribution in [1.29, 1.82) is 0 Å². The van der Waals surface area contributed by atoms with Crippen LogP contribution in [0.1, 0.15) is 45.4 Å². The van der Waals surface area contributed by atoms with Crippen molar-refractivity contribution in [2.45, 2.75) is 45.4 Å². The highest BCUT2D eigenvalue weighted by Gasteiger charge is 2.26. The molecule has 1 amide bonds. The molecule has 0 atom stereocenters. The lowest BCUT2D eigenvalue weighted by molar-refractivity contribution is -0.121. The van der Waals surface area contributed by atoms with E-state index in [1.165, 1.54) is 32.1 Å². The molecule has 0 saturated heterocycles. The average Bonchev–Trinajstić information content (AvgIpc) is 2.17. The summed E-state index contributed by atoms with van der Waals surface area (Å²) in [6.07, 6.45) is 7.14. The quantitative estimate of drug-likeness (QED) is 0.775. The third-order valence-corrected chi connectivity index (χ3v) is 3.49. The van der Waals surface area contributed by atoms with Crippen LogP contribution >= 0.6 is 15.9 Å². The molecule has 82 valence electrons. The molecule has 1 N–H and O–H groups in total. The highest BCUT2D eigenvalue weighted by Crippen LogP contribution is 2.34. The van der Waals surface area contributed by atoms with Gasteiger partial charge in [-0.2, -0.15) is 0 Å². The van der Waals surface area contributed by atoms with Crippen molar-refractivity contribution in [2.75, 3.05) is 11.9 Å². The molecule has 1 aliphatic carbocycles. The van der Waals surface area contributed by atoms with Gasteiger partial charge in [-0.1, -0.05) is 42.1 Å². The molecule has 1 fully saturated rings. The van der Waals surface area contributed by atoms with Crippen LogP contribution in [0.2, 0.25) is 0 Å². The maximum Gasteiger partial charge on any atom is 0.220 e. The second kappa shape index (κ2) is 5.74. The lowest BCUT2D eigenvalue weighted by atomic mass is 9.76. The van der Waals surface area contributed by atoms with Crippen LogP contribution in [0.3, 0.4) is 0 Å². The van der Waals surface area contributed by atoms with Gasteiger partial charge in [0.15, 0.2) is 0 Å². The average molecular weight is 262 g/mol. The van der Waals surface area contributed by atoms with Crippen LogP contribution in [0.25, 0.3) is 0 Å². The summed E-state index contributed by atoms with van der Waals surface area (Å²) < 4.78 is 0. The van der Waals surface area contributed by atoms with Gasteiger partial charge in [-0.05, 0) is 18.3 Å². The van der Waals surface area contributed by atoms with E-state index in [-0.39, 0.29) is 5.91 Å². The monoisotopic (exact) mass is 261 g/mol. The topological polar surface area (TPSA) is 29.1 Å². The number of hydrogen-bond donors (Lipinski definition) is 1. The number of amides is 1. The predicted molar refractivity (Wildman–Crippen MR) is 62.6 cm³/mol. The van der Waals surface area contributed by atoms with E-state index in [9.17, 15) is 4.79 Å². The van der Waals surface area contributed by atoms with Gasteiger partial charge in [0.05, 0.1) is 0 Å². The van der Waals surface area contributed by atoms with E-state index in [1.54, 1.807) is 0 Å². The smallest absolute Gasteiger partial charge is 0.220 e. The first-order valence-electron chi connectivity index (χ1n) is 5.49. The summed E-state index contributed by atoms with van der Waals surface area (Å²) in [6.45, 7) is 3.15. The Kier molecular flexibility index (Phi) is 4.93. The van der Waals surface area contributed by atoms with Gasteiger partial charge in [-0.3, -0.25) is 4.79 Å². The summed E-state index contributed by atoms with van der Waals surface area (Å²) >= 11 is 3.27. The molecule has 0 bridgehead atoms. The van der Waals surface area contributed by atoms with Crippen molar-refractivity contribution in [3.63, 3.8) is 0 Å². The Hall–Kier alpha value is -0.0500. The zero-order valence-electron chi connectivity index (χ0n) is 8.94. The van der Waals surface area contributed by atoms with E-state index in [0.29, 0.717) is 11.8 Å². The van der Waals surface area contributed by atoms with E-state index in [1.807, 2.05) is 0 Å². The van der Waals surface area contributed by atoms with E-state index in [4.69, 9.17) is 0 Å². The summed E-state index contributed by atoms with van der Waals surface area (Å²) in [5, 5.41) is 3.78. The summed E-state index contributed by atoms with van der Waals surface area (Å²) in [4.78, 5) is 11.3. The molecule has 1 saturated carbocycles. The number of carbonyl (C=O) groups is 1. The highest BCUT2D eigenvalue weighted by molar-refractivity contribution is 9.09. The van der Waals surface area contributed by atoms with Gasteiger partial charge in [-0.25, -0.2) is 0 Å². The second-order valence-corrected chi connectivity index (χ2v) is 5.38. The lowest BCUT2D eigenvalue weighted by Crippen LogP contribution is -2.37. The number of halogens is 1. The lowest BCUT2D eigenvalue weighted by Gasteiger charge is -2.33. The SMILES string of the molecule is CC1(CNC(=O)CCBr)CCCCC1. The zero-order valence-corrected chi connectivity index (χ0v) is 10.5. The molecule has 3 heteroatoms. The Labute approximate surface area is 95.0 Å². The van der Waals surface area contributed by atoms with Crippen molar-refractivity contribution in [1.82, 2.24) is 5.32 Å². The second-order valence-electron chi connectivity index (χ2n) is 4.59. The fourth-order valence-electron chi connectivity index (χ4n) is 2.07. The molecule has 1 rings (SSSR count). The molecule has 0 aromatic rings. The standard InChI is InChI=1S/C11H20BrNO/c1-11(6-3-2-4-7-11)9-13-10(14)5-8-12/h2-9H2,1H3,(H,13,14). The van der Waals surface area contributed by atoms with Crippen LogP contribution in [0.5, 0.6) is 0 Å². The van der Waals surface area contributed by atoms with Crippen molar-refractivity contribution in [2.24, 2.45) is 5.41 Å². The van der Waals surface area contributed by atoms with Crippen molar-refractivity contribution >= 4 is 21.8 Å². The molecule has 0 heterocycles. The first kappa shape index (κ1) is 12.0. The van der Waals surface area contributed by atoms with Crippen molar-refractivity contribution in [3.05, 3.63) is 0 Å². The molecular weight excluding hydrogens is 242 g/mol. The van der Waals surface area contributed by atoms with Gasteiger partial charge >= 0.3 is 0 Å². The maximum atomic E-state index is 11.3. The van der Waals surface area contributed by atoms with E-state index >= 15 is 0 Å². The fraction of sp³-hybridized carbons (Fsp3) is 0.909. The Balaban J connectivity index is 2.24. The van der Waals surface area contributed by atoms with Crippen LogP contribution < -0.4 is 5.32 Å². The Morgan fingerprint density at radius 1 is 1.36 bits per heavy atom. The summed E-state index contributed by atoms with van der Waals surface area (Å²) in [5.41, 5.74) is 0.361. The van der Waals surface area contributed by atoms with Crippen molar-refractivity contribution in [3.8, 4) is 0 Å². The largest absolute Gasteiger partial charge is 0.356 e. The number of carbonyl (C=O) groups excluding carboxylic acids is 1. The van der Waals surface area contributed by atoms with Gasteiger partial charge in [0, 0.05) is 18.3 Å². The molecule has 0 unspecified atom stereocenters. The molecule has 0 radical (unpaired) electrons. The fourth-order valence-corrected chi connectivity index (χ4v) is 2.43. The van der Waals surface area contributed by atoms with Crippen LogP contribution in [0, 0.1) is 5.41 Å². The van der Waals surface area contributed by atoms with Crippen LogP contribution in [-0.4, -0.2) is 17.8 Å². The number of rotatable bonds is 4. The predicted octanol–water partition coefficient (Wildman–Crippen LogP) is 2.86. The van der Waals surface area contributed by atoms with Gasteiger partial charge in [0.1, 0.15) is 0 Å². The van der Waals surface area contributed by atoms with Crippen molar-refractivity contribution < 1.29 is 4.79 Å². The minimum Gasteiger partial charge on any atom is -0.356 e. The first-order valence-corrected chi connectivity index (χ1v) is 6.61. The van der Waals surface area contributed by atoms with Crippen LogP contribution in [-0.2, 0) is 4.79 Å². The Bertz CT molecular complexity index is 188. The minimum atomic E-state index is 0.175. The first-order chi connectivity index (χ1) is 6.66. The number of nitrogens with one attached hydrogen (secondary N) is 1. The van der Waals surface area contributed by atoms with E-state index < -0.39 is 0 Å². The molecule has 0 aromatic heterocycles. The highest BCUT2D eigenvalue weighted by atomic mass is 79.9. The molecule has 0 spiro atoms. The minimum absolute atomic E-state index is 0.175. The van der Waals surface area contributed by atoms with Gasteiger partial charge in [0.2, 0.25) is 5.91 Å². The molecule has 1 aliphatic rings.